The Morgan fingerprint density at radius 1 is 1.06 bits per heavy atom. The molecular formula is C14H22LiNO2. The molecule has 0 atom stereocenters. The van der Waals surface area contributed by atoms with Gasteiger partial charge in [0.2, 0.25) is 0 Å². The van der Waals surface area contributed by atoms with Crippen LogP contribution in [0, 0.1) is 0 Å². The zero-order chi connectivity index (χ0) is 12.3. The molecular weight excluding hydrogens is 221 g/mol. The van der Waals surface area contributed by atoms with Gasteiger partial charge in [-0.25, -0.2) is 0 Å². The molecule has 4 heteroatoms. The van der Waals surface area contributed by atoms with Crippen molar-refractivity contribution in [3.63, 3.8) is 0 Å². The van der Waals surface area contributed by atoms with E-state index >= 15 is 0 Å². The maximum Gasteiger partial charge on any atom is 1.00 e. The van der Waals surface area contributed by atoms with E-state index in [0.29, 0.717) is 19.8 Å². The summed E-state index contributed by atoms with van der Waals surface area (Å²) in [7, 11) is 0. The largest absolute Gasteiger partial charge is 1.00 e. The van der Waals surface area contributed by atoms with Gasteiger partial charge >= 0.3 is 18.9 Å². The Morgan fingerprint density at radius 2 is 1.67 bits per heavy atom. The monoisotopic (exact) mass is 243 g/mol. The summed E-state index contributed by atoms with van der Waals surface area (Å²) in [4.78, 5) is 0. The molecule has 0 saturated heterocycles. The van der Waals surface area contributed by atoms with Crippen LogP contribution >= 0.6 is 0 Å². The van der Waals surface area contributed by atoms with E-state index in [1.807, 2.05) is 19.9 Å². The number of benzene rings is 1. The molecule has 1 aromatic rings. The minimum absolute atomic E-state index is 0. The Kier molecular flexibility index (Phi) is 11.6. The van der Waals surface area contributed by atoms with Crippen LogP contribution < -0.4 is 18.9 Å². The van der Waals surface area contributed by atoms with Crippen LogP contribution in [0.1, 0.15) is 19.4 Å². The van der Waals surface area contributed by atoms with Gasteiger partial charge < -0.3 is 14.8 Å². The zero-order valence-electron chi connectivity index (χ0n) is 11.8. The summed E-state index contributed by atoms with van der Waals surface area (Å²) in [5.74, 6) is 0. The molecule has 0 aromatic heterocycles. The number of rotatable bonds is 9. The van der Waals surface area contributed by atoms with Crippen molar-refractivity contribution in [3.05, 3.63) is 41.2 Å². The van der Waals surface area contributed by atoms with Gasteiger partial charge in [-0.2, -0.15) is 0 Å². The molecule has 1 rings (SSSR count). The number of nitrogens with zero attached hydrogens (tertiary/aromatic N) is 1. The van der Waals surface area contributed by atoms with Crippen molar-refractivity contribution in [3.8, 4) is 0 Å². The molecule has 0 heterocycles. The molecule has 0 amide bonds. The van der Waals surface area contributed by atoms with Crippen molar-refractivity contribution in [1.82, 2.24) is 0 Å². The fourth-order valence-electron chi connectivity index (χ4n) is 1.57. The summed E-state index contributed by atoms with van der Waals surface area (Å²) >= 11 is 0. The molecule has 0 aliphatic rings. The normalized spacial score (nSPS) is 10.4. The van der Waals surface area contributed by atoms with E-state index in [1.165, 1.54) is 5.56 Å². The van der Waals surface area contributed by atoms with E-state index in [1.54, 1.807) is 0 Å². The van der Waals surface area contributed by atoms with Crippen LogP contribution in [0.25, 0.3) is 5.32 Å². The van der Waals surface area contributed by atoms with Gasteiger partial charge in [-0.15, -0.1) is 6.54 Å². The number of ether oxygens (including phenoxy) is 2. The van der Waals surface area contributed by atoms with Crippen LogP contribution in [0.15, 0.2) is 30.3 Å². The third-order valence-corrected chi connectivity index (χ3v) is 2.38. The molecule has 1 aromatic carbocycles. The summed E-state index contributed by atoms with van der Waals surface area (Å²) in [5.41, 5.74) is 1.32. The second-order valence-corrected chi connectivity index (χ2v) is 3.71. The predicted molar refractivity (Wildman–Crippen MR) is 70.3 cm³/mol. The van der Waals surface area contributed by atoms with Crippen LogP contribution in [0.5, 0.6) is 0 Å². The molecule has 0 N–H and O–H groups in total. The van der Waals surface area contributed by atoms with Crippen molar-refractivity contribution in [2.24, 2.45) is 0 Å². The van der Waals surface area contributed by atoms with Gasteiger partial charge in [-0.1, -0.05) is 36.9 Å². The minimum Gasteiger partial charge on any atom is -0.658 e. The van der Waals surface area contributed by atoms with Crippen molar-refractivity contribution in [2.75, 3.05) is 26.3 Å². The molecule has 18 heavy (non-hydrogen) atoms. The number of hydrogen-bond donors (Lipinski definition) is 0. The molecule has 3 nitrogen and oxygen atoms in total. The van der Waals surface area contributed by atoms with E-state index < -0.39 is 0 Å². The summed E-state index contributed by atoms with van der Waals surface area (Å²) in [6, 6.07) is 10.4. The Bertz CT molecular complexity index is 276. The smallest absolute Gasteiger partial charge is 0.658 e. The van der Waals surface area contributed by atoms with Crippen molar-refractivity contribution >= 4 is 0 Å². The first-order valence-corrected chi connectivity index (χ1v) is 6.27. The van der Waals surface area contributed by atoms with E-state index in [0.717, 1.165) is 13.0 Å². The van der Waals surface area contributed by atoms with Gasteiger partial charge in [-0.05, 0) is 25.8 Å². The molecule has 0 radical (unpaired) electrons. The van der Waals surface area contributed by atoms with E-state index in [2.05, 4.69) is 29.6 Å². The third-order valence-electron chi connectivity index (χ3n) is 2.38. The Labute approximate surface area is 122 Å². The van der Waals surface area contributed by atoms with Crippen LogP contribution in [0.4, 0.5) is 0 Å². The Morgan fingerprint density at radius 3 is 2.22 bits per heavy atom. The summed E-state index contributed by atoms with van der Waals surface area (Å²) in [6.45, 7) is 6.71. The van der Waals surface area contributed by atoms with Crippen LogP contribution in [-0.2, 0) is 15.9 Å². The maximum atomic E-state index is 5.42. The third kappa shape index (κ3) is 7.92. The standard InChI is InChI=1S/C14H22NO2.Li/c1-3-16-14(17-4-2)12-15-11-10-13-8-6-5-7-9-13;/h5-9,14H,3-4,10-12H2,1-2H3;/q-1;+1. The molecule has 0 aliphatic carbocycles. The number of hydrogen-bond acceptors (Lipinski definition) is 2. The Hall–Kier alpha value is -0.303. The van der Waals surface area contributed by atoms with Crippen LogP contribution in [0.3, 0.4) is 0 Å². The first-order chi connectivity index (χ1) is 8.36. The van der Waals surface area contributed by atoms with Gasteiger partial charge in [0, 0.05) is 13.2 Å². The molecule has 0 unspecified atom stereocenters. The first-order valence-electron chi connectivity index (χ1n) is 6.27. The molecule has 96 valence electrons. The van der Waals surface area contributed by atoms with Crippen LogP contribution in [-0.4, -0.2) is 32.6 Å². The second kappa shape index (κ2) is 11.8. The first kappa shape index (κ1) is 17.7. The van der Waals surface area contributed by atoms with Gasteiger partial charge in [0.25, 0.3) is 0 Å². The molecule has 0 saturated carbocycles. The van der Waals surface area contributed by atoms with Crippen molar-refractivity contribution < 1.29 is 28.3 Å². The van der Waals surface area contributed by atoms with E-state index in [4.69, 9.17) is 9.47 Å². The van der Waals surface area contributed by atoms with E-state index in [-0.39, 0.29) is 25.2 Å². The summed E-state index contributed by atoms with van der Waals surface area (Å²) in [5, 5.41) is 4.45. The van der Waals surface area contributed by atoms with Gasteiger partial charge in [0.15, 0.2) is 0 Å². The van der Waals surface area contributed by atoms with Gasteiger partial charge in [-0.3, -0.25) is 0 Å². The summed E-state index contributed by atoms with van der Waals surface area (Å²) < 4.78 is 10.8. The zero-order valence-corrected chi connectivity index (χ0v) is 11.8. The topological polar surface area (TPSA) is 32.6 Å². The predicted octanol–water partition coefficient (Wildman–Crippen LogP) is 0.00590. The summed E-state index contributed by atoms with van der Waals surface area (Å²) in [6.07, 6.45) is 0.798. The minimum atomic E-state index is -0.180. The molecule has 0 bridgehead atoms. The fraction of sp³-hybridized carbons (Fsp3) is 0.571. The molecule has 0 fully saturated rings. The van der Waals surface area contributed by atoms with Gasteiger partial charge in [0.05, 0.1) is 0 Å². The maximum absolute atomic E-state index is 5.42. The Balaban J connectivity index is 0.00000289. The second-order valence-electron chi connectivity index (χ2n) is 3.71. The molecule has 0 spiro atoms. The van der Waals surface area contributed by atoms with Crippen LogP contribution in [0.2, 0.25) is 0 Å². The molecule has 0 aliphatic heterocycles. The SMILES string of the molecule is CCOC(C[N-]CCc1ccccc1)OCC.[Li+]. The fourth-order valence-corrected chi connectivity index (χ4v) is 1.57. The average Bonchev–Trinajstić information content (AvgIpc) is 2.36. The van der Waals surface area contributed by atoms with E-state index in [9.17, 15) is 0 Å². The van der Waals surface area contributed by atoms with Crippen molar-refractivity contribution in [2.45, 2.75) is 26.6 Å². The average molecular weight is 243 g/mol. The quantitative estimate of drug-likeness (QED) is 0.347. The van der Waals surface area contributed by atoms with Crippen molar-refractivity contribution in [1.29, 1.82) is 0 Å². The van der Waals surface area contributed by atoms with Gasteiger partial charge in [0.1, 0.15) is 6.29 Å².